The van der Waals surface area contributed by atoms with E-state index in [0.717, 1.165) is 37.0 Å². The van der Waals surface area contributed by atoms with Crippen molar-refractivity contribution in [3.63, 3.8) is 0 Å². The zero-order valence-corrected chi connectivity index (χ0v) is 18.7. The molecule has 5 nitrogen and oxygen atoms in total. The number of hydrogen-bond acceptors (Lipinski definition) is 4. The molecule has 0 atom stereocenters. The molecule has 0 radical (unpaired) electrons. The summed E-state index contributed by atoms with van der Waals surface area (Å²) in [6.07, 6.45) is 6.49. The van der Waals surface area contributed by atoms with Crippen molar-refractivity contribution >= 4 is 45.0 Å². The van der Waals surface area contributed by atoms with Gasteiger partial charge in [0.25, 0.3) is 0 Å². The summed E-state index contributed by atoms with van der Waals surface area (Å²) in [5.74, 6) is -0.338. The number of carbonyl (C=O) groups is 1. The van der Waals surface area contributed by atoms with E-state index in [1.54, 1.807) is 12.1 Å². The number of thioether (sulfide) groups is 1. The molecule has 2 aromatic rings. The minimum absolute atomic E-state index is 0.157. The van der Waals surface area contributed by atoms with Crippen LogP contribution in [0.15, 0.2) is 58.3 Å². The lowest BCUT2D eigenvalue weighted by Gasteiger charge is -2.33. The van der Waals surface area contributed by atoms with Crippen molar-refractivity contribution < 1.29 is 13.2 Å². The van der Waals surface area contributed by atoms with E-state index in [2.05, 4.69) is 5.32 Å². The van der Waals surface area contributed by atoms with E-state index in [1.165, 1.54) is 28.2 Å². The average molecular weight is 453 g/mol. The zero-order valence-electron chi connectivity index (χ0n) is 16.3. The van der Waals surface area contributed by atoms with E-state index in [0.29, 0.717) is 10.7 Å². The fraction of sp³-hybridized carbons (Fsp3) is 0.381. The van der Waals surface area contributed by atoms with Crippen LogP contribution in [-0.2, 0) is 14.8 Å². The van der Waals surface area contributed by atoms with Crippen molar-refractivity contribution in [2.75, 3.05) is 18.1 Å². The van der Waals surface area contributed by atoms with Gasteiger partial charge in [-0.15, -0.1) is 11.8 Å². The van der Waals surface area contributed by atoms with Crippen LogP contribution >= 0.6 is 23.4 Å². The van der Waals surface area contributed by atoms with Crippen LogP contribution in [0, 0.1) is 0 Å². The maximum absolute atomic E-state index is 13.4. The minimum Gasteiger partial charge on any atom is -0.324 e. The smallest absolute Gasteiger partial charge is 0.243 e. The molecular weight excluding hydrogens is 428 g/mol. The van der Waals surface area contributed by atoms with E-state index in [1.807, 2.05) is 30.5 Å². The van der Waals surface area contributed by atoms with Gasteiger partial charge in [-0.1, -0.05) is 43.0 Å². The lowest BCUT2D eigenvalue weighted by atomic mass is 9.95. The first kappa shape index (κ1) is 22.2. The molecule has 156 valence electrons. The Kier molecular flexibility index (Phi) is 7.62. The number of sulfonamides is 1. The molecular formula is C21H25ClN2O3S2. The largest absolute Gasteiger partial charge is 0.324 e. The Bertz CT molecular complexity index is 943. The van der Waals surface area contributed by atoms with Gasteiger partial charge in [-0.05, 0) is 55.5 Å². The van der Waals surface area contributed by atoms with Crippen molar-refractivity contribution in [3.05, 3.63) is 53.6 Å². The third-order valence-corrected chi connectivity index (χ3v) is 8.04. The predicted octanol–water partition coefficient (Wildman–Crippen LogP) is 5.02. The number of amides is 1. The van der Waals surface area contributed by atoms with Gasteiger partial charge in [0.2, 0.25) is 15.9 Å². The van der Waals surface area contributed by atoms with Gasteiger partial charge in [-0.2, -0.15) is 4.31 Å². The molecule has 0 heterocycles. The molecule has 3 rings (SSSR count). The van der Waals surface area contributed by atoms with Gasteiger partial charge in [-0.25, -0.2) is 8.42 Å². The maximum atomic E-state index is 13.4. The van der Waals surface area contributed by atoms with Crippen LogP contribution in [0.3, 0.4) is 0 Å². The molecule has 0 aliphatic heterocycles. The third-order valence-electron chi connectivity index (χ3n) is 5.08. The van der Waals surface area contributed by atoms with Crippen molar-refractivity contribution in [1.29, 1.82) is 0 Å². The lowest BCUT2D eigenvalue weighted by molar-refractivity contribution is -0.116. The second-order valence-electron chi connectivity index (χ2n) is 7.04. The summed E-state index contributed by atoms with van der Waals surface area (Å²) in [6.45, 7) is -0.210. The Morgan fingerprint density at radius 3 is 2.41 bits per heavy atom. The van der Waals surface area contributed by atoms with Gasteiger partial charge in [-0.3, -0.25) is 4.79 Å². The number of nitrogens with zero attached hydrogens (tertiary/aromatic N) is 1. The van der Waals surface area contributed by atoms with Crippen molar-refractivity contribution in [3.8, 4) is 0 Å². The van der Waals surface area contributed by atoms with Gasteiger partial charge in [0, 0.05) is 16.0 Å². The van der Waals surface area contributed by atoms with Crippen molar-refractivity contribution in [1.82, 2.24) is 4.31 Å². The third kappa shape index (κ3) is 5.54. The Hall–Kier alpha value is -1.54. The highest BCUT2D eigenvalue weighted by Gasteiger charge is 2.34. The highest BCUT2D eigenvalue weighted by atomic mass is 35.5. The number of hydrogen-bond donors (Lipinski definition) is 1. The summed E-state index contributed by atoms with van der Waals surface area (Å²) in [6, 6.07) is 13.4. The van der Waals surface area contributed by atoms with E-state index >= 15 is 0 Å². The summed E-state index contributed by atoms with van der Waals surface area (Å²) in [7, 11) is -3.81. The van der Waals surface area contributed by atoms with Gasteiger partial charge in [0.05, 0.1) is 17.1 Å². The van der Waals surface area contributed by atoms with E-state index < -0.39 is 10.0 Å². The molecule has 1 aliphatic rings. The van der Waals surface area contributed by atoms with E-state index in [4.69, 9.17) is 11.6 Å². The molecule has 1 aliphatic carbocycles. The highest BCUT2D eigenvalue weighted by molar-refractivity contribution is 7.98. The second-order valence-corrected chi connectivity index (χ2v) is 10.2. The SMILES string of the molecule is CSc1ccccc1NC(=O)CN(C1CCCCC1)S(=O)(=O)c1ccc(Cl)cc1. The topological polar surface area (TPSA) is 66.5 Å². The van der Waals surface area contributed by atoms with E-state index in [9.17, 15) is 13.2 Å². The summed E-state index contributed by atoms with van der Waals surface area (Å²) in [5, 5.41) is 3.35. The first-order valence-corrected chi connectivity index (χ1v) is 12.7. The van der Waals surface area contributed by atoms with Crippen LogP contribution in [0.1, 0.15) is 32.1 Å². The molecule has 0 spiro atoms. The molecule has 8 heteroatoms. The number of nitrogens with one attached hydrogen (secondary N) is 1. The number of anilines is 1. The van der Waals surface area contributed by atoms with Crippen LogP contribution in [0.25, 0.3) is 0 Å². The van der Waals surface area contributed by atoms with Crippen LogP contribution in [0.5, 0.6) is 0 Å². The minimum atomic E-state index is -3.81. The molecule has 0 bridgehead atoms. The first-order chi connectivity index (χ1) is 13.9. The molecule has 1 saturated carbocycles. The molecule has 1 amide bonds. The molecule has 1 fully saturated rings. The van der Waals surface area contributed by atoms with Crippen LogP contribution in [0.2, 0.25) is 5.02 Å². The number of halogens is 1. The quantitative estimate of drug-likeness (QED) is 0.598. The number of rotatable bonds is 7. The number of para-hydroxylation sites is 1. The van der Waals surface area contributed by atoms with Gasteiger partial charge < -0.3 is 5.32 Å². The average Bonchev–Trinajstić information content (AvgIpc) is 2.73. The monoisotopic (exact) mass is 452 g/mol. The predicted molar refractivity (Wildman–Crippen MR) is 119 cm³/mol. The molecule has 1 N–H and O–H groups in total. The van der Waals surface area contributed by atoms with Gasteiger partial charge in [0.1, 0.15) is 0 Å². The fourth-order valence-corrected chi connectivity index (χ4v) is 5.92. The standard InChI is InChI=1S/C21H25ClN2O3S2/c1-28-20-10-6-5-9-19(20)23-21(25)15-24(17-7-3-2-4-8-17)29(26,27)18-13-11-16(22)12-14-18/h5-6,9-14,17H,2-4,7-8,15H2,1H3,(H,23,25). The highest BCUT2D eigenvalue weighted by Crippen LogP contribution is 2.29. The van der Waals surface area contributed by atoms with Crippen LogP contribution < -0.4 is 5.32 Å². The normalized spacial score (nSPS) is 15.4. The Morgan fingerprint density at radius 1 is 1.10 bits per heavy atom. The van der Waals surface area contributed by atoms with E-state index in [-0.39, 0.29) is 23.4 Å². The molecule has 29 heavy (non-hydrogen) atoms. The Labute approximate surface area is 181 Å². The Balaban J connectivity index is 1.85. The summed E-state index contributed by atoms with van der Waals surface area (Å²) < 4.78 is 28.1. The summed E-state index contributed by atoms with van der Waals surface area (Å²) >= 11 is 7.45. The van der Waals surface area contributed by atoms with Crippen molar-refractivity contribution in [2.45, 2.75) is 47.9 Å². The Morgan fingerprint density at radius 2 is 1.76 bits per heavy atom. The second kappa shape index (κ2) is 9.98. The number of benzene rings is 2. The van der Waals surface area contributed by atoms with Gasteiger partial charge >= 0.3 is 0 Å². The first-order valence-electron chi connectivity index (χ1n) is 9.62. The molecule has 0 saturated heterocycles. The molecule has 0 unspecified atom stereocenters. The molecule has 2 aromatic carbocycles. The lowest BCUT2D eigenvalue weighted by Crippen LogP contribution is -2.45. The summed E-state index contributed by atoms with van der Waals surface area (Å²) in [4.78, 5) is 13.9. The fourth-order valence-electron chi connectivity index (χ4n) is 3.60. The molecule has 0 aromatic heterocycles. The van der Waals surface area contributed by atoms with Crippen LogP contribution in [-0.4, -0.2) is 37.5 Å². The van der Waals surface area contributed by atoms with Gasteiger partial charge in [0.15, 0.2) is 0 Å². The maximum Gasteiger partial charge on any atom is 0.243 e. The van der Waals surface area contributed by atoms with Crippen molar-refractivity contribution in [2.24, 2.45) is 0 Å². The number of carbonyl (C=O) groups excluding carboxylic acids is 1. The van der Waals surface area contributed by atoms with Crippen LogP contribution in [0.4, 0.5) is 5.69 Å². The zero-order chi connectivity index (χ0) is 20.9. The summed E-state index contributed by atoms with van der Waals surface area (Å²) in [5.41, 5.74) is 0.692.